The second-order valence-corrected chi connectivity index (χ2v) is 8.93. The molecule has 1 fully saturated rings. The summed E-state index contributed by atoms with van der Waals surface area (Å²) in [6.07, 6.45) is 0. The van der Waals surface area contributed by atoms with Gasteiger partial charge in [-0.3, -0.25) is 4.57 Å². The Bertz CT molecular complexity index is 234. The fourth-order valence-electron chi connectivity index (χ4n) is 0.745. The van der Waals surface area contributed by atoms with Crippen molar-refractivity contribution in [1.29, 1.82) is 0 Å². The molecule has 0 N–H and O–H groups in total. The number of halogens is 3. The van der Waals surface area contributed by atoms with Crippen molar-refractivity contribution in [2.24, 2.45) is 5.41 Å². The first kappa shape index (κ1) is 12.1. The van der Waals surface area contributed by atoms with E-state index in [9.17, 15) is 4.57 Å². The largest absolute Gasteiger partial charge is 0.381 e. The summed E-state index contributed by atoms with van der Waals surface area (Å²) in [7, 11) is -3.58. The van der Waals surface area contributed by atoms with Crippen LogP contribution in [-0.2, 0) is 13.6 Å². The molecule has 0 aromatic rings. The van der Waals surface area contributed by atoms with Crippen LogP contribution in [0.25, 0.3) is 0 Å². The average Bonchev–Trinajstić information content (AvgIpc) is 1.94. The maximum absolute atomic E-state index is 11.7. The molecule has 0 unspecified atom stereocenters. The van der Waals surface area contributed by atoms with Gasteiger partial charge in [0.1, 0.15) is 0 Å². The maximum atomic E-state index is 11.7. The molecule has 0 aromatic heterocycles. The van der Waals surface area contributed by atoms with Crippen LogP contribution < -0.4 is 0 Å². The van der Waals surface area contributed by atoms with E-state index in [0.29, 0.717) is 0 Å². The van der Waals surface area contributed by atoms with Crippen LogP contribution in [-0.4, -0.2) is 16.7 Å². The Balaban J connectivity index is 2.74. The van der Waals surface area contributed by atoms with E-state index in [1.165, 1.54) is 0 Å². The van der Waals surface area contributed by atoms with E-state index in [2.05, 4.69) is 0 Å². The van der Waals surface area contributed by atoms with Crippen molar-refractivity contribution in [3.05, 3.63) is 0 Å². The molecule has 0 atom stereocenters. The van der Waals surface area contributed by atoms with Gasteiger partial charge in [0.25, 0.3) is 3.53 Å². The van der Waals surface area contributed by atoms with Crippen LogP contribution in [0.2, 0.25) is 0 Å². The Morgan fingerprint density at radius 3 is 1.92 bits per heavy atom. The third kappa shape index (κ3) is 2.74. The highest BCUT2D eigenvalue weighted by Gasteiger charge is 2.51. The minimum atomic E-state index is -3.58. The van der Waals surface area contributed by atoms with Crippen molar-refractivity contribution in [2.45, 2.75) is 17.4 Å². The predicted molar refractivity (Wildman–Crippen MR) is 53.6 cm³/mol. The van der Waals surface area contributed by atoms with E-state index in [4.69, 9.17) is 43.9 Å². The number of rotatable bonds is 0. The van der Waals surface area contributed by atoms with Crippen molar-refractivity contribution in [2.75, 3.05) is 13.2 Å². The van der Waals surface area contributed by atoms with Gasteiger partial charge in [0.15, 0.2) is 0 Å². The summed E-state index contributed by atoms with van der Waals surface area (Å²) in [4.78, 5) is 0. The molecule has 0 aliphatic carbocycles. The van der Waals surface area contributed by atoms with E-state index in [-0.39, 0.29) is 18.6 Å². The van der Waals surface area contributed by atoms with Crippen molar-refractivity contribution < 1.29 is 13.6 Å². The van der Waals surface area contributed by atoms with Crippen LogP contribution in [0, 0.1) is 5.41 Å². The zero-order valence-electron chi connectivity index (χ0n) is 7.22. The zero-order chi connectivity index (χ0) is 10.3. The SMILES string of the molecule is CC1(C)COP(=O)(C(Cl)(Cl)Cl)OC1. The zero-order valence-corrected chi connectivity index (χ0v) is 10.4. The number of alkyl halides is 3. The molecule has 78 valence electrons. The normalized spacial score (nSPS) is 27.2. The summed E-state index contributed by atoms with van der Waals surface area (Å²) in [6.45, 7) is 4.35. The van der Waals surface area contributed by atoms with Gasteiger partial charge in [-0.15, -0.1) is 0 Å². The smallest absolute Gasteiger partial charge is 0.305 e. The lowest BCUT2D eigenvalue weighted by atomic mass is 9.97. The summed E-state index contributed by atoms with van der Waals surface area (Å²) >= 11 is 16.4. The Hall–Kier alpha value is 1.02. The molecule has 1 rings (SSSR count). The molecular weight excluding hydrogens is 257 g/mol. The lowest BCUT2D eigenvalue weighted by Crippen LogP contribution is -2.32. The van der Waals surface area contributed by atoms with Crippen LogP contribution in [0.1, 0.15) is 13.8 Å². The summed E-state index contributed by atoms with van der Waals surface area (Å²) < 4.78 is 19.7. The standard InChI is InChI=1S/C6H10Cl3O3P/c1-5(2)3-11-13(10,12-4-5)6(7,8)9/h3-4H2,1-2H3. The van der Waals surface area contributed by atoms with E-state index in [1.807, 2.05) is 13.8 Å². The van der Waals surface area contributed by atoms with Crippen molar-refractivity contribution in [3.8, 4) is 0 Å². The van der Waals surface area contributed by atoms with Crippen LogP contribution in [0.5, 0.6) is 0 Å². The first-order valence-corrected chi connectivity index (χ1v) is 6.30. The molecule has 3 nitrogen and oxygen atoms in total. The van der Waals surface area contributed by atoms with Gasteiger partial charge in [0.05, 0.1) is 13.2 Å². The topological polar surface area (TPSA) is 35.5 Å². The Kier molecular flexibility index (Phi) is 3.30. The van der Waals surface area contributed by atoms with Gasteiger partial charge in [0.2, 0.25) is 0 Å². The van der Waals surface area contributed by atoms with Gasteiger partial charge in [-0.25, -0.2) is 0 Å². The van der Waals surface area contributed by atoms with Gasteiger partial charge >= 0.3 is 7.60 Å². The Labute approximate surface area is 92.2 Å². The van der Waals surface area contributed by atoms with Crippen molar-refractivity contribution in [1.82, 2.24) is 0 Å². The second-order valence-electron chi connectivity index (χ2n) is 3.68. The van der Waals surface area contributed by atoms with Gasteiger partial charge in [0, 0.05) is 5.41 Å². The monoisotopic (exact) mass is 266 g/mol. The van der Waals surface area contributed by atoms with Gasteiger partial charge in [-0.2, -0.15) is 0 Å². The highest BCUT2D eigenvalue weighted by molar-refractivity contribution is 7.62. The van der Waals surface area contributed by atoms with Crippen LogP contribution >= 0.6 is 42.4 Å². The molecule has 13 heavy (non-hydrogen) atoms. The summed E-state index contributed by atoms with van der Waals surface area (Å²) in [6, 6.07) is 0. The third-order valence-corrected chi connectivity index (χ3v) is 4.98. The van der Waals surface area contributed by atoms with Crippen molar-refractivity contribution in [3.63, 3.8) is 0 Å². The highest BCUT2D eigenvalue weighted by Crippen LogP contribution is 2.68. The van der Waals surface area contributed by atoms with E-state index >= 15 is 0 Å². The summed E-state index contributed by atoms with van der Waals surface area (Å²) in [5, 5.41) is 0. The van der Waals surface area contributed by atoms with E-state index in [1.54, 1.807) is 0 Å². The Morgan fingerprint density at radius 2 is 1.62 bits per heavy atom. The lowest BCUT2D eigenvalue weighted by Gasteiger charge is -2.36. The average molecular weight is 267 g/mol. The predicted octanol–water partition coefficient (Wildman–Crippen LogP) is 3.58. The number of hydrogen-bond donors (Lipinski definition) is 0. The highest BCUT2D eigenvalue weighted by atomic mass is 35.6. The molecule has 1 heterocycles. The molecule has 7 heteroatoms. The van der Waals surface area contributed by atoms with Gasteiger partial charge < -0.3 is 9.05 Å². The van der Waals surface area contributed by atoms with E-state index < -0.39 is 11.1 Å². The summed E-state index contributed by atoms with van der Waals surface area (Å²) in [5.41, 5.74) is -0.191. The summed E-state index contributed by atoms with van der Waals surface area (Å²) in [5.74, 6) is 0. The molecule has 0 saturated carbocycles. The molecule has 0 radical (unpaired) electrons. The van der Waals surface area contributed by atoms with E-state index in [0.717, 1.165) is 0 Å². The molecule has 0 spiro atoms. The maximum Gasteiger partial charge on any atom is 0.381 e. The molecule has 0 aromatic carbocycles. The molecule has 1 aliphatic rings. The molecule has 1 aliphatic heterocycles. The molecule has 1 saturated heterocycles. The first-order valence-electron chi connectivity index (χ1n) is 3.62. The Morgan fingerprint density at radius 1 is 1.23 bits per heavy atom. The van der Waals surface area contributed by atoms with Gasteiger partial charge in [-0.1, -0.05) is 48.7 Å². The van der Waals surface area contributed by atoms with Crippen molar-refractivity contribution >= 4 is 42.4 Å². The fourth-order valence-corrected chi connectivity index (χ4v) is 3.03. The molecule has 0 amide bonds. The minimum absolute atomic E-state index is 0.191. The minimum Gasteiger partial charge on any atom is -0.305 e. The molecular formula is C6H10Cl3O3P. The van der Waals surface area contributed by atoms with Crippen LogP contribution in [0.3, 0.4) is 0 Å². The number of hydrogen-bond acceptors (Lipinski definition) is 3. The second kappa shape index (κ2) is 3.55. The molecule has 0 bridgehead atoms. The third-order valence-electron chi connectivity index (χ3n) is 1.56. The fraction of sp³-hybridized carbons (Fsp3) is 1.00. The quantitative estimate of drug-likeness (QED) is 0.497. The lowest BCUT2D eigenvalue weighted by molar-refractivity contribution is 0.0412. The van der Waals surface area contributed by atoms with Gasteiger partial charge in [-0.05, 0) is 0 Å². The first-order chi connectivity index (χ1) is 5.66. The van der Waals surface area contributed by atoms with Crippen LogP contribution in [0.4, 0.5) is 0 Å². The van der Waals surface area contributed by atoms with Crippen LogP contribution in [0.15, 0.2) is 0 Å².